The first-order valence-electron chi connectivity index (χ1n) is 8.47. The van der Waals surface area contributed by atoms with E-state index in [1.54, 1.807) is 0 Å². The highest BCUT2D eigenvalue weighted by atomic mass is 35.5. The minimum absolute atomic E-state index is 0.0778. The predicted octanol–water partition coefficient (Wildman–Crippen LogP) is 4.09. The number of hydrogen-bond donors (Lipinski definition) is 0. The molecule has 2 aromatic carbocycles. The minimum Gasteiger partial charge on any atom is -0.466 e. The molecule has 2 aromatic rings. The lowest BCUT2D eigenvalue weighted by Crippen LogP contribution is -2.32. The predicted molar refractivity (Wildman–Crippen MR) is 99.0 cm³/mol. The van der Waals surface area contributed by atoms with Gasteiger partial charge >= 0.3 is 5.97 Å². The SMILES string of the molecule is CCOC(=O)[C@@H]1[C@@H](c2ccccc2)N(C)N(C)[C@@H]1c1ccc(Cl)cc1. The Morgan fingerprint density at radius 1 is 0.960 bits per heavy atom. The maximum Gasteiger partial charge on any atom is 0.312 e. The van der Waals surface area contributed by atoms with Crippen molar-refractivity contribution in [1.29, 1.82) is 0 Å². The van der Waals surface area contributed by atoms with Crippen molar-refractivity contribution < 1.29 is 9.53 Å². The Hall–Kier alpha value is -1.88. The van der Waals surface area contributed by atoms with E-state index in [0.717, 1.165) is 11.1 Å². The van der Waals surface area contributed by atoms with Crippen molar-refractivity contribution in [2.75, 3.05) is 20.7 Å². The molecule has 0 aliphatic carbocycles. The van der Waals surface area contributed by atoms with E-state index in [-0.39, 0.29) is 24.0 Å². The molecule has 25 heavy (non-hydrogen) atoms. The molecule has 1 fully saturated rings. The van der Waals surface area contributed by atoms with Crippen molar-refractivity contribution in [3.63, 3.8) is 0 Å². The van der Waals surface area contributed by atoms with Gasteiger partial charge in [-0.1, -0.05) is 54.1 Å². The maximum atomic E-state index is 12.9. The Kier molecular flexibility index (Phi) is 5.42. The number of nitrogens with zero attached hydrogens (tertiary/aromatic N) is 2. The summed E-state index contributed by atoms with van der Waals surface area (Å²) in [6.45, 7) is 2.21. The summed E-state index contributed by atoms with van der Waals surface area (Å²) >= 11 is 6.04. The van der Waals surface area contributed by atoms with E-state index < -0.39 is 0 Å². The van der Waals surface area contributed by atoms with E-state index >= 15 is 0 Å². The van der Waals surface area contributed by atoms with Gasteiger partial charge in [0.1, 0.15) is 0 Å². The summed E-state index contributed by atoms with van der Waals surface area (Å²) in [7, 11) is 4.02. The first kappa shape index (κ1) is 17.9. The van der Waals surface area contributed by atoms with Gasteiger partial charge < -0.3 is 4.74 Å². The Morgan fingerprint density at radius 3 is 2.00 bits per heavy atom. The van der Waals surface area contributed by atoms with Crippen LogP contribution >= 0.6 is 11.6 Å². The summed E-state index contributed by atoms with van der Waals surface area (Å²) in [6.07, 6.45) is 0. The van der Waals surface area contributed by atoms with E-state index in [9.17, 15) is 4.79 Å². The average molecular weight is 359 g/mol. The number of ether oxygens (including phenoxy) is 1. The summed E-state index contributed by atoms with van der Waals surface area (Å²) in [5, 5.41) is 4.92. The fourth-order valence-corrected chi connectivity index (χ4v) is 3.81. The van der Waals surface area contributed by atoms with Crippen LogP contribution in [0.25, 0.3) is 0 Å². The van der Waals surface area contributed by atoms with E-state index in [1.807, 2.05) is 63.5 Å². The zero-order valence-corrected chi connectivity index (χ0v) is 15.5. The maximum absolute atomic E-state index is 12.9. The fraction of sp³-hybridized carbons (Fsp3) is 0.350. The molecule has 0 aromatic heterocycles. The second kappa shape index (κ2) is 7.56. The molecule has 0 unspecified atom stereocenters. The van der Waals surface area contributed by atoms with Crippen LogP contribution in [-0.2, 0) is 9.53 Å². The van der Waals surface area contributed by atoms with Crippen LogP contribution < -0.4 is 0 Å². The first-order valence-corrected chi connectivity index (χ1v) is 8.85. The van der Waals surface area contributed by atoms with Crippen LogP contribution in [0.15, 0.2) is 54.6 Å². The van der Waals surface area contributed by atoms with Gasteiger partial charge in [-0.25, -0.2) is 10.0 Å². The number of carbonyl (C=O) groups is 1. The third kappa shape index (κ3) is 3.43. The summed E-state index contributed by atoms with van der Waals surface area (Å²) in [6, 6.07) is 17.6. The van der Waals surface area contributed by atoms with E-state index in [1.165, 1.54) is 0 Å². The largest absolute Gasteiger partial charge is 0.466 e. The van der Waals surface area contributed by atoms with Crippen LogP contribution in [0.1, 0.15) is 30.1 Å². The van der Waals surface area contributed by atoms with Crippen molar-refractivity contribution in [2.45, 2.75) is 19.0 Å². The van der Waals surface area contributed by atoms with Crippen molar-refractivity contribution in [3.8, 4) is 0 Å². The van der Waals surface area contributed by atoms with Crippen molar-refractivity contribution in [3.05, 3.63) is 70.7 Å². The van der Waals surface area contributed by atoms with Gasteiger partial charge in [0.15, 0.2) is 0 Å². The Bertz CT molecular complexity index is 720. The zero-order valence-electron chi connectivity index (χ0n) is 14.7. The molecule has 132 valence electrons. The molecule has 0 bridgehead atoms. The molecule has 3 atom stereocenters. The number of hydrogen-bond acceptors (Lipinski definition) is 4. The van der Waals surface area contributed by atoms with Crippen molar-refractivity contribution >= 4 is 17.6 Å². The molecule has 5 heteroatoms. The van der Waals surface area contributed by atoms with Gasteiger partial charge in [-0.2, -0.15) is 0 Å². The summed E-state index contributed by atoms with van der Waals surface area (Å²) in [5.41, 5.74) is 2.15. The van der Waals surface area contributed by atoms with Crippen molar-refractivity contribution in [2.24, 2.45) is 5.92 Å². The molecule has 1 aliphatic heterocycles. The number of benzene rings is 2. The second-order valence-corrected chi connectivity index (χ2v) is 6.71. The minimum atomic E-state index is -0.321. The summed E-state index contributed by atoms with van der Waals surface area (Å²) < 4.78 is 5.43. The van der Waals surface area contributed by atoms with Crippen LogP contribution in [0, 0.1) is 5.92 Å². The quantitative estimate of drug-likeness (QED) is 0.770. The Morgan fingerprint density at radius 2 is 1.48 bits per heavy atom. The van der Waals surface area contributed by atoms with Gasteiger partial charge in [0, 0.05) is 19.1 Å². The average Bonchev–Trinajstić information content (AvgIpc) is 2.88. The van der Waals surface area contributed by atoms with Gasteiger partial charge in [0.05, 0.1) is 24.6 Å². The number of esters is 1. The third-order valence-electron chi connectivity index (χ3n) is 4.89. The second-order valence-electron chi connectivity index (χ2n) is 6.28. The van der Waals surface area contributed by atoms with E-state index in [2.05, 4.69) is 22.2 Å². The van der Waals surface area contributed by atoms with Crippen LogP contribution in [0.4, 0.5) is 0 Å². The molecule has 0 N–H and O–H groups in total. The smallest absolute Gasteiger partial charge is 0.312 e. The van der Waals surface area contributed by atoms with Crippen LogP contribution in [0.2, 0.25) is 5.02 Å². The number of rotatable bonds is 4. The van der Waals surface area contributed by atoms with Gasteiger partial charge in [0.2, 0.25) is 0 Å². The molecule has 0 radical (unpaired) electrons. The standard InChI is InChI=1S/C20H23ClN2O2/c1-4-25-20(24)17-18(14-8-6-5-7-9-14)22(2)23(3)19(17)15-10-12-16(21)13-11-15/h5-13,17-19H,4H2,1-3H3/t17-,18-,19-/m1/s1. The molecule has 1 aliphatic rings. The summed E-state index contributed by atoms with van der Waals surface area (Å²) in [4.78, 5) is 12.9. The first-order chi connectivity index (χ1) is 12.0. The molecular formula is C20H23ClN2O2. The van der Waals surface area contributed by atoms with E-state index in [4.69, 9.17) is 16.3 Å². The topological polar surface area (TPSA) is 32.8 Å². The molecule has 1 saturated heterocycles. The van der Waals surface area contributed by atoms with Gasteiger partial charge in [-0.15, -0.1) is 0 Å². The lowest BCUT2D eigenvalue weighted by Gasteiger charge is -2.27. The molecule has 0 amide bonds. The van der Waals surface area contributed by atoms with Crippen LogP contribution in [0.3, 0.4) is 0 Å². The number of hydrazine groups is 1. The molecule has 0 saturated carbocycles. The lowest BCUT2D eigenvalue weighted by molar-refractivity contribution is -0.149. The van der Waals surface area contributed by atoms with Crippen molar-refractivity contribution in [1.82, 2.24) is 10.0 Å². The van der Waals surface area contributed by atoms with E-state index in [0.29, 0.717) is 11.6 Å². The van der Waals surface area contributed by atoms with Crippen LogP contribution in [0.5, 0.6) is 0 Å². The van der Waals surface area contributed by atoms with Crippen LogP contribution in [-0.4, -0.2) is 36.7 Å². The highest BCUT2D eigenvalue weighted by Gasteiger charge is 2.50. The summed E-state index contributed by atoms with van der Waals surface area (Å²) in [5.74, 6) is -0.494. The monoisotopic (exact) mass is 358 g/mol. The van der Waals surface area contributed by atoms with Gasteiger partial charge in [-0.05, 0) is 30.2 Å². The number of halogens is 1. The fourth-order valence-electron chi connectivity index (χ4n) is 3.68. The molecular weight excluding hydrogens is 336 g/mol. The van der Waals surface area contributed by atoms with Gasteiger partial charge in [-0.3, -0.25) is 4.79 Å². The highest BCUT2D eigenvalue weighted by molar-refractivity contribution is 6.30. The number of carbonyl (C=O) groups excluding carboxylic acids is 1. The lowest BCUT2D eigenvalue weighted by atomic mass is 9.85. The third-order valence-corrected chi connectivity index (χ3v) is 5.15. The highest BCUT2D eigenvalue weighted by Crippen LogP contribution is 2.47. The normalized spacial score (nSPS) is 24.4. The Balaban J connectivity index is 2.06. The van der Waals surface area contributed by atoms with Gasteiger partial charge in [0.25, 0.3) is 0 Å². The molecule has 3 rings (SSSR count). The molecule has 0 spiro atoms. The zero-order chi connectivity index (χ0) is 18.0. The molecule has 4 nitrogen and oxygen atoms in total. The Labute approximate surface area is 153 Å². The molecule has 1 heterocycles.